The maximum absolute atomic E-state index is 13.5. The highest BCUT2D eigenvalue weighted by Crippen LogP contribution is 2.30. The summed E-state index contributed by atoms with van der Waals surface area (Å²) in [6, 6.07) is 10.0. The highest BCUT2D eigenvalue weighted by atomic mass is 35.5. The zero-order valence-corrected chi connectivity index (χ0v) is 25.7. The van der Waals surface area contributed by atoms with Gasteiger partial charge in [-0.05, 0) is 49.9 Å². The number of imidazole rings is 1. The fourth-order valence-corrected chi connectivity index (χ4v) is 6.12. The van der Waals surface area contributed by atoms with E-state index in [1.54, 1.807) is 47.7 Å². The molecule has 41 heavy (non-hydrogen) atoms. The Hall–Kier alpha value is -2.83. The summed E-state index contributed by atoms with van der Waals surface area (Å²) in [4.78, 5) is 21.2. The van der Waals surface area contributed by atoms with E-state index in [9.17, 15) is 18.3 Å². The van der Waals surface area contributed by atoms with Crippen molar-refractivity contribution >= 4 is 44.8 Å². The van der Waals surface area contributed by atoms with Crippen LogP contribution in [0.1, 0.15) is 25.0 Å². The van der Waals surface area contributed by atoms with E-state index in [-0.39, 0.29) is 41.7 Å². The van der Waals surface area contributed by atoms with E-state index >= 15 is 0 Å². The molecule has 1 aliphatic heterocycles. The van der Waals surface area contributed by atoms with Crippen LogP contribution in [0.4, 0.5) is 5.69 Å². The molecule has 1 aromatic heterocycles. The molecule has 2 N–H and O–H groups in total. The molecule has 3 aromatic rings. The monoisotopic (exact) mass is 623 g/mol. The second-order valence-corrected chi connectivity index (χ2v) is 13.1. The molecular formula is C28H35Cl2N5O5S. The van der Waals surface area contributed by atoms with Gasteiger partial charge in [0.2, 0.25) is 5.91 Å². The number of aromatic nitrogens is 2. The lowest BCUT2D eigenvalue weighted by Crippen LogP contribution is -2.47. The molecule has 222 valence electrons. The minimum atomic E-state index is -3.93. The molecule has 10 nitrogen and oxygen atoms in total. The Balaban J connectivity index is 1.62. The van der Waals surface area contributed by atoms with Gasteiger partial charge >= 0.3 is 0 Å². The minimum Gasteiger partial charge on any atom is -0.488 e. The van der Waals surface area contributed by atoms with Crippen molar-refractivity contribution in [2.24, 2.45) is 13.0 Å². The molecule has 4 rings (SSSR count). The zero-order valence-electron chi connectivity index (χ0n) is 23.4. The molecule has 2 heterocycles. The third-order valence-corrected chi connectivity index (χ3v) is 9.06. The standard InChI is InChI=1S/C28H35Cl2N5O5S/c1-18-12-35(19(2)16-36)28(37)11-21-10-22(32-41(38,39)27-15-34(4)17-31-27)6-8-25(21)40-26(18)14-33(3)13-20-5-7-23(29)24(30)9-20/h5-10,15,17-19,26,32,36H,11-14,16H2,1-4H3/t18-,19-,26-/m1/s1. The number of likely N-dealkylation sites (N-methyl/N-ethyl adjacent to an activating group) is 1. The van der Waals surface area contributed by atoms with Gasteiger partial charge < -0.3 is 19.3 Å². The highest BCUT2D eigenvalue weighted by Gasteiger charge is 2.31. The number of nitrogens with one attached hydrogen (secondary N) is 1. The van der Waals surface area contributed by atoms with Crippen LogP contribution in [0.3, 0.4) is 0 Å². The zero-order chi connectivity index (χ0) is 29.9. The lowest BCUT2D eigenvalue weighted by atomic mass is 10.0. The van der Waals surface area contributed by atoms with Gasteiger partial charge in [0.05, 0.1) is 35.4 Å². The van der Waals surface area contributed by atoms with Gasteiger partial charge in [-0.2, -0.15) is 8.42 Å². The van der Waals surface area contributed by atoms with Crippen molar-refractivity contribution in [3.05, 3.63) is 70.1 Å². The van der Waals surface area contributed by atoms with Gasteiger partial charge in [0.1, 0.15) is 11.9 Å². The summed E-state index contributed by atoms with van der Waals surface area (Å²) in [6.07, 6.45) is 2.47. The van der Waals surface area contributed by atoms with Crippen LogP contribution in [-0.4, -0.2) is 77.7 Å². The van der Waals surface area contributed by atoms with Crippen LogP contribution < -0.4 is 9.46 Å². The van der Waals surface area contributed by atoms with E-state index < -0.39 is 16.1 Å². The maximum Gasteiger partial charge on any atom is 0.280 e. The summed E-state index contributed by atoms with van der Waals surface area (Å²) in [5.74, 6) is 0.229. The largest absolute Gasteiger partial charge is 0.488 e. The third kappa shape index (κ3) is 7.72. The van der Waals surface area contributed by atoms with E-state index in [2.05, 4.69) is 14.6 Å². The molecule has 0 bridgehead atoms. The van der Waals surface area contributed by atoms with E-state index in [0.717, 1.165) is 5.56 Å². The Morgan fingerprint density at radius 3 is 2.63 bits per heavy atom. The first kappa shape index (κ1) is 31.1. The van der Waals surface area contributed by atoms with Gasteiger partial charge in [0, 0.05) is 50.0 Å². The number of halogens is 2. The average Bonchev–Trinajstić information content (AvgIpc) is 3.37. The Morgan fingerprint density at radius 2 is 1.98 bits per heavy atom. The minimum absolute atomic E-state index is 0.0165. The normalized spacial score (nSPS) is 18.7. The SMILES string of the molecule is C[C@@H]1CN([C@H](C)CO)C(=O)Cc2cc(NS(=O)(=O)c3cn(C)cn3)ccc2O[C@@H]1CN(C)Cc1ccc(Cl)c(Cl)c1. The fourth-order valence-electron chi connectivity index (χ4n) is 4.77. The molecule has 0 saturated heterocycles. The molecule has 0 saturated carbocycles. The number of nitrogens with zero attached hydrogens (tertiary/aromatic N) is 4. The quantitative estimate of drug-likeness (QED) is 0.372. The van der Waals surface area contributed by atoms with Crippen LogP contribution in [0, 0.1) is 5.92 Å². The summed E-state index contributed by atoms with van der Waals surface area (Å²) in [5.41, 5.74) is 1.82. The van der Waals surface area contributed by atoms with Gasteiger partial charge in [-0.15, -0.1) is 0 Å². The number of amides is 1. The molecular weight excluding hydrogens is 589 g/mol. The van der Waals surface area contributed by atoms with Crippen molar-refractivity contribution in [3.8, 4) is 5.75 Å². The second-order valence-electron chi connectivity index (χ2n) is 10.6. The molecule has 0 unspecified atom stereocenters. The van der Waals surface area contributed by atoms with Crippen LogP contribution in [-0.2, 0) is 34.8 Å². The van der Waals surface area contributed by atoms with Crippen LogP contribution in [0.25, 0.3) is 0 Å². The van der Waals surface area contributed by atoms with Crippen LogP contribution in [0.5, 0.6) is 5.75 Å². The predicted octanol–water partition coefficient (Wildman–Crippen LogP) is 3.81. The van der Waals surface area contributed by atoms with Crippen molar-refractivity contribution < 1.29 is 23.1 Å². The molecule has 0 aliphatic carbocycles. The molecule has 13 heteroatoms. The Labute approximate surface area is 250 Å². The van der Waals surface area contributed by atoms with E-state index in [4.69, 9.17) is 27.9 Å². The van der Waals surface area contributed by atoms with Gasteiger partial charge in [0.15, 0.2) is 5.03 Å². The van der Waals surface area contributed by atoms with Crippen LogP contribution in [0.15, 0.2) is 53.9 Å². The number of ether oxygens (including phenoxy) is 1. The number of sulfonamides is 1. The predicted molar refractivity (Wildman–Crippen MR) is 159 cm³/mol. The summed E-state index contributed by atoms with van der Waals surface area (Å²) < 4.78 is 36.4. The Bertz CT molecular complexity index is 1500. The van der Waals surface area contributed by atoms with Crippen LogP contribution >= 0.6 is 23.2 Å². The van der Waals surface area contributed by atoms with Crippen molar-refractivity contribution in [1.29, 1.82) is 0 Å². The first-order valence-electron chi connectivity index (χ1n) is 13.2. The summed E-state index contributed by atoms with van der Waals surface area (Å²) in [7, 11) is -0.275. The van der Waals surface area contributed by atoms with Crippen molar-refractivity contribution in [3.63, 3.8) is 0 Å². The lowest BCUT2D eigenvalue weighted by Gasteiger charge is -2.34. The summed E-state index contributed by atoms with van der Waals surface area (Å²) in [5, 5.41) is 10.7. The second kappa shape index (κ2) is 13.0. The van der Waals surface area contributed by atoms with Crippen LogP contribution in [0.2, 0.25) is 10.0 Å². The van der Waals surface area contributed by atoms with E-state index in [0.29, 0.717) is 41.0 Å². The summed E-state index contributed by atoms with van der Waals surface area (Å²) >= 11 is 12.3. The number of aliphatic hydroxyl groups excluding tert-OH is 1. The van der Waals surface area contributed by atoms with Gasteiger partial charge in [-0.25, -0.2) is 4.98 Å². The number of aryl methyl sites for hydroxylation is 1. The molecule has 0 fully saturated rings. The van der Waals surface area contributed by atoms with Crippen molar-refractivity contribution in [2.45, 2.75) is 44.0 Å². The molecule has 1 aliphatic rings. The number of benzene rings is 2. The first-order valence-corrected chi connectivity index (χ1v) is 15.4. The number of carbonyl (C=O) groups is 1. The number of hydrogen-bond donors (Lipinski definition) is 2. The lowest BCUT2D eigenvalue weighted by molar-refractivity contribution is -0.134. The number of fused-ring (bicyclic) bond motifs is 1. The molecule has 3 atom stereocenters. The molecule has 1 amide bonds. The van der Waals surface area contributed by atoms with E-state index in [1.807, 2.05) is 26.1 Å². The fraction of sp³-hybridized carbons (Fsp3) is 0.429. The Kier molecular flexibility index (Phi) is 9.86. The first-order chi connectivity index (χ1) is 19.4. The molecule has 2 aromatic carbocycles. The van der Waals surface area contributed by atoms with Crippen molar-refractivity contribution in [2.75, 3.05) is 31.5 Å². The molecule has 0 spiro atoms. The number of anilines is 1. The van der Waals surface area contributed by atoms with Gasteiger partial charge in [0.25, 0.3) is 10.0 Å². The highest BCUT2D eigenvalue weighted by molar-refractivity contribution is 7.92. The summed E-state index contributed by atoms with van der Waals surface area (Å²) in [6.45, 7) is 5.15. The maximum atomic E-state index is 13.5. The smallest absolute Gasteiger partial charge is 0.280 e. The van der Waals surface area contributed by atoms with Gasteiger partial charge in [-0.3, -0.25) is 14.4 Å². The number of carbonyl (C=O) groups excluding carboxylic acids is 1. The Morgan fingerprint density at radius 1 is 1.22 bits per heavy atom. The number of rotatable bonds is 9. The van der Waals surface area contributed by atoms with E-state index in [1.165, 1.54) is 12.5 Å². The van der Waals surface area contributed by atoms with Crippen molar-refractivity contribution in [1.82, 2.24) is 19.4 Å². The third-order valence-electron chi connectivity index (χ3n) is 7.05. The van der Waals surface area contributed by atoms with Gasteiger partial charge in [-0.1, -0.05) is 36.2 Å². The average molecular weight is 625 g/mol. The number of aliphatic hydroxyl groups is 1. The topological polar surface area (TPSA) is 117 Å². The number of hydrogen-bond acceptors (Lipinski definition) is 7. The molecule has 0 radical (unpaired) electrons.